The van der Waals surface area contributed by atoms with Gasteiger partial charge in [0.1, 0.15) is 16.6 Å². The minimum absolute atomic E-state index is 0.00408. The second kappa shape index (κ2) is 8.90. The van der Waals surface area contributed by atoms with Crippen molar-refractivity contribution in [1.29, 1.82) is 0 Å². The Hall–Kier alpha value is -2.84. The van der Waals surface area contributed by atoms with E-state index in [2.05, 4.69) is 10.4 Å². The highest BCUT2D eigenvalue weighted by atomic mass is 35.5. The molecule has 0 saturated carbocycles. The number of nitrogens with zero attached hydrogens (tertiary/aromatic N) is 2. The average molecular weight is 420 g/mol. The van der Waals surface area contributed by atoms with Crippen molar-refractivity contribution in [3.63, 3.8) is 0 Å². The molecule has 0 radical (unpaired) electrons. The molecular weight excluding hydrogens is 405 g/mol. The average Bonchev–Trinajstić information content (AvgIpc) is 2.69. The summed E-state index contributed by atoms with van der Waals surface area (Å²) in [5.74, 6) is -0.365. The second-order valence-electron chi connectivity index (χ2n) is 5.58. The summed E-state index contributed by atoms with van der Waals surface area (Å²) in [6.07, 6.45) is 0. The number of carbonyl (C=O) groups excluding carboxylic acids is 1. The van der Waals surface area contributed by atoms with Crippen molar-refractivity contribution >= 4 is 35.0 Å². The van der Waals surface area contributed by atoms with Gasteiger partial charge in [0.25, 0.3) is 5.56 Å². The summed E-state index contributed by atoms with van der Waals surface area (Å²) in [5, 5.41) is 7.45. The number of hydrogen-bond acceptors (Lipinski definition) is 5. The van der Waals surface area contributed by atoms with E-state index in [-0.39, 0.29) is 22.0 Å². The van der Waals surface area contributed by atoms with Gasteiger partial charge in [0, 0.05) is 11.1 Å². The normalized spacial score (nSPS) is 10.5. The molecule has 0 bridgehead atoms. The quantitative estimate of drug-likeness (QED) is 0.616. The summed E-state index contributed by atoms with van der Waals surface area (Å²) in [5.41, 5.74) is 0.314. The minimum Gasteiger partial charge on any atom is -0.497 e. The van der Waals surface area contributed by atoms with E-state index in [1.54, 1.807) is 31.4 Å². The number of anilines is 1. The van der Waals surface area contributed by atoms with Crippen molar-refractivity contribution < 1.29 is 13.9 Å². The van der Waals surface area contributed by atoms with Crippen LogP contribution in [-0.2, 0) is 4.79 Å². The third-order valence-corrected chi connectivity index (χ3v) is 4.80. The van der Waals surface area contributed by atoms with Crippen LogP contribution in [0.4, 0.5) is 10.1 Å². The van der Waals surface area contributed by atoms with Gasteiger partial charge in [0.2, 0.25) is 5.91 Å². The molecule has 9 heteroatoms. The fourth-order valence-electron chi connectivity index (χ4n) is 2.30. The SMILES string of the molecule is COc1ccc(-n2nc(SCC(=O)Nc3ccc(Cl)cc3F)ccc2=O)cc1. The smallest absolute Gasteiger partial charge is 0.271 e. The van der Waals surface area contributed by atoms with Crippen LogP contribution < -0.4 is 15.6 Å². The maximum atomic E-state index is 13.7. The minimum atomic E-state index is -0.614. The van der Waals surface area contributed by atoms with Crippen molar-refractivity contribution in [3.05, 3.63) is 75.8 Å². The Morgan fingerprint density at radius 2 is 1.96 bits per heavy atom. The molecule has 28 heavy (non-hydrogen) atoms. The summed E-state index contributed by atoms with van der Waals surface area (Å²) in [4.78, 5) is 24.2. The topological polar surface area (TPSA) is 73.2 Å². The summed E-state index contributed by atoms with van der Waals surface area (Å²) in [6, 6.07) is 13.8. The summed E-state index contributed by atoms with van der Waals surface area (Å²) >= 11 is 6.82. The Morgan fingerprint density at radius 3 is 2.64 bits per heavy atom. The maximum absolute atomic E-state index is 13.7. The number of hydrogen-bond donors (Lipinski definition) is 1. The van der Waals surface area contributed by atoms with Crippen LogP contribution in [0.15, 0.2) is 64.4 Å². The number of aromatic nitrogens is 2. The Labute approximate surface area is 169 Å². The van der Waals surface area contributed by atoms with Crippen LogP contribution in [0.25, 0.3) is 5.69 Å². The lowest BCUT2D eigenvalue weighted by molar-refractivity contribution is -0.113. The van der Waals surface area contributed by atoms with Gasteiger partial charge in [-0.2, -0.15) is 9.78 Å². The van der Waals surface area contributed by atoms with E-state index in [4.69, 9.17) is 16.3 Å². The van der Waals surface area contributed by atoms with Gasteiger partial charge in [-0.05, 0) is 48.5 Å². The molecule has 0 atom stereocenters. The van der Waals surface area contributed by atoms with Crippen molar-refractivity contribution in [1.82, 2.24) is 9.78 Å². The van der Waals surface area contributed by atoms with Crippen LogP contribution in [0.2, 0.25) is 5.02 Å². The highest BCUT2D eigenvalue weighted by Gasteiger charge is 2.10. The van der Waals surface area contributed by atoms with Crippen molar-refractivity contribution in [2.75, 3.05) is 18.2 Å². The molecule has 3 aromatic rings. The monoisotopic (exact) mass is 419 g/mol. The first-order valence-corrected chi connectivity index (χ1v) is 9.45. The molecule has 3 rings (SSSR count). The standard InChI is InChI=1S/C19H15ClFN3O3S/c1-27-14-5-3-13(4-6-14)24-19(26)9-8-18(23-24)28-11-17(25)22-16-7-2-12(20)10-15(16)21/h2-10H,11H2,1H3,(H,22,25). The van der Waals surface area contributed by atoms with E-state index in [9.17, 15) is 14.0 Å². The van der Waals surface area contributed by atoms with E-state index in [1.165, 1.54) is 28.9 Å². The van der Waals surface area contributed by atoms with Gasteiger partial charge in [-0.15, -0.1) is 0 Å². The first kappa shape index (κ1) is 19.9. The highest BCUT2D eigenvalue weighted by molar-refractivity contribution is 7.99. The second-order valence-corrected chi connectivity index (χ2v) is 7.01. The van der Waals surface area contributed by atoms with Gasteiger partial charge in [-0.1, -0.05) is 23.4 Å². The van der Waals surface area contributed by atoms with Gasteiger partial charge in [-0.3, -0.25) is 9.59 Å². The fraction of sp³-hybridized carbons (Fsp3) is 0.105. The number of halogens is 2. The summed E-state index contributed by atoms with van der Waals surface area (Å²) in [6.45, 7) is 0. The molecule has 144 valence electrons. The number of rotatable bonds is 6. The number of ether oxygens (including phenoxy) is 1. The van der Waals surface area contributed by atoms with E-state index in [0.29, 0.717) is 16.5 Å². The van der Waals surface area contributed by atoms with E-state index < -0.39 is 11.7 Å². The first-order chi connectivity index (χ1) is 13.5. The number of thioether (sulfide) groups is 1. The molecule has 0 saturated heterocycles. The summed E-state index contributed by atoms with van der Waals surface area (Å²) < 4.78 is 20.1. The molecular formula is C19H15ClFN3O3S. The molecule has 6 nitrogen and oxygen atoms in total. The lowest BCUT2D eigenvalue weighted by atomic mass is 10.3. The van der Waals surface area contributed by atoms with Gasteiger partial charge in [0.15, 0.2) is 0 Å². The number of amides is 1. The lowest BCUT2D eigenvalue weighted by Gasteiger charge is -2.08. The molecule has 1 amide bonds. The van der Waals surface area contributed by atoms with E-state index in [1.807, 2.05) is 0 Å². The highest BCUT2D eigenvalue weighted by Crippen LogP contribution is 2.20. The number of benzene rings is 2. The maximum Gasteiger partial charge on any atom is 0.271 e. The predicted octanol–water partition coefficient (Wildman–Crippen LogP) is 3.76. The Morgan fingerprint density at radius 1 is 1.21 bits per heavy atom. The largest absolute Gasteiger partial charge is 0.497 e. The zero-order chi connectivity index (χ0) is 20.1. The van der Waals surface area contributed by atoms with Crippen LogP contribution in [0.5, 0.6) is 5.75 Å². The van der Waals surface area contributed by atoms with Crippen molar-refractivity contribution in [3.8, 4) is 11.4 Å². The van der Waals surface area contributed by atoms with Gasteiger partial charge in [0.05, 0.1) is 24.2 Å². The first-order valence-electron chi connectivity index (χ1n) is 8.09. The molecule has 0 unspecified atom stereocenters. The molecule has 0 spiro atoms. The molecule has 0 fully saturated rings. The zero-order valence-electron chi connectivity index (χ0n) is 14.7. The zero-order valence-corrected chi connectivity index (χ0v) is 16.3. The fourth-order valence-corrected chi connectivity index (χ4v) is 3.11. The van der Waals surface area contributed by atoms with E-state index in [0.717, 1.165) is 17.8 Å². The molecule has 1 heterocycles. The van der Waals surface area contributed by atoms with Crippen LogP contribution in [-0.4, -0.2) is 28.6 Å². The molecule has 0 aliphatic rings. The van der Waals surface area contributed by atoms with Crippen LogP contribution in [0.1, 0.15) is 0 Å². The predicted molar refractivity (Wildman–Crippen MR) is 107 cm³/mol. The van der Waals surface area contributed by atoms with Gasteiger partial charge < -0.3 is 10.1 Å². The van der Waals surface area contributed by atoms with Crippen LogP contribution in [0.3, 0.4) is 0 Å². The van der Waals surface area contributed by atoms with Crippen molar-refractivity contribution in [2.24, 2.45) is 0 Å². The number of methoxy groups -OCH3 is 1. The lowest BCUT2D eigenvalue weighted by Crippen LogP contribution is -2.21. The van der Waals surface area contributed by atoms with Crippen LogP contribution in [0, 0.1) is 5.82 Å². The summed E-state index contributed by atoms with van der Waals surface area (Å²) in [7, 11) is 1.55. The van der Waals surface area contributed by atoms with Gasteiger partial charge >= 0.3 is 0 Å². The van der Waals surface area contributed by atoms with Gasteiger partial charge in [-0.25, -0.2) is 4.39 Å². The molecule has 2 aromatic carbocycles. The molecule has 0 aliphatic carbocycles. The third-order valence-electron chi connectivity index (χ3n) is 3.65. The molecule has 1 aromatic heterocycles. The van der Waals surface area contributed by atoms with Crippen LogP contribution >= 0.6 is 23.4 Å². The number of carbonyl (C=O) groups is 1. The Balaban J connectivity index is 1.69. The van der Waals surface area contributed by atoms with Crippen molar-refractivity contribution in [2.45, 2.75) is 5.03 Å². The van der Waals surface area contributed by atoms with E-state index >= 15 is 0 Å². The molecule has 0 aliphatic heterocycles. The molecule has 1 N–H and O–H groups in total. The Kier molecular flexibility index (Phi) is 6.33. The third kappa shape index (κ3) is 4.90. The Bertz CT molecular complexity index is 1060. The number of nitrogens with one attached hydrogen (secondary N) is 1.